The van der Waals surface area contributed by atoms with Crippen molar-refractivity contribution >= 4 is 34.3 Å². The van der Waals surface area contributed by atoms with Crippen LogP contribution in [0.15, 0.2) is 82.8 Å². The minimum Gasteiger partial charge on any atom is -0.467 e. The minimum absolute atomic E-state index is 0.126. The molecule has 2 aromatic heterocycles. The second-order valence-corrected chi connectivity index (χ2v) is 7.32. The van der Waals surface area contributed by atoms with Crippen LogP contribution in [0.2, 0.25) is 5.02 Å². The fourth-order valence-electron chi connectivity index (χ4n) is 3.61. The molecule has 7 heteroatoms. The molecule has 1 aliphatic heterocycles. The van der Waals surface area contributed by atoms with Gasteiger partial charge >= 0.3 is 0 Å². The van der Waals surface area contributed by atoms with Crippen LogP contribution in [0.4, 0.5) is 0 Å². The molecule has 1 amide bonds. The largest absolute Gasteiger partial charge is 0.467 e. The molecule has 2 aromatic carbocycles. The number of hydrazone groups is 1. The zero-order chi connectivity index (χ0) is 19.8. The van der Waals surface area contributed by atoms with E-state index in [0.717, 1.165) is 22.3 Å². The molecule has 0 fully saturated rings. The Bertz CT molecular complexity index is 1200. The molecule has 5 rings (SSSR count). The van der Waals surface area contributed by atoms with Gasteiger partial charge in [-0.2, -0.15) is 5.10 Å². The number of amides is 1. The van der Waals surface area contributed by atoms with Crippen LogP contribution < -0.4 is 0 Å². The van der Waals surface area contributed by atoms with Crippen molar-refractivity contribution in [3.63, 3.8) is 0 Å². The highest BCUT2D eigenvalue weighted by Crippen LogP contribution is 2.33. The van der Waals surface area contributed by atoms with Crippen LogP contribution in [0.5, 0.6) is 0 Å². The number of benzene rings is 2. The lowest BCUT2D eigenvalue weighted by molar-refractivity contribution is -0.133. The summed E-state index contributed by atoms with van der Waals surface area (Å²) >= 11 is 6.01. The number of carbonyl (C=O) groups excluding carboxylic acids is 1. The number of rotatable bonds is 4. The number of fused-ring (bicyclic) bond motifs is 1. The molecule has 0 radical (unpaired) electrons. The van der Waals surface area contributed by atoms with Crippen molar-refractivity contribution in [2.24, 2.45) is 5.10 Å². The maximum Gasteiger partial charge on any atom is 0.263 e. The van der Waals surface area contributed by atoms with Crippen molar-refractivity contribution in [3.05, 3.63) is 89.6 Å². The van der Waals surface area contributed by atoms with E-state index < -0.39 is 0 Å². The van der Waals surface area contributed by atoms with E-state index in [9.17, 15) is 4.79 Å². The Balaban J connectivity index is 1.47. The Morgan fingerprint density at radius 1 is 1.10 bits per heavy atom. The van der Waals surface area contributed by atoms with Crippen molar-refractivity contribution in [1.29, 1.82) is 0 Å². The number of hydrogen-bond acceptors (Lipinski definition) is 4. The summed E-state index contributed by atoms with van der Waals surface area (Å²) in [6.45, 7) is 0.148. The van der Waals surface area contributed by atoms with Crippen LogP contribution >= 0.6 is 11.6 Å². The highest BCUT2D eigenvalue weighted by Gasteiger charge is 2.35. The molecule has 0 spiro atoms. The van der Waals surface area contributed by atoms with E-state index in [0.29, 0.717) is 17.2 Å². The molecule has 0 saturated heterocycles. The third-order valence-electron chi connectivity index (χ3n) is 5.05. The first kappa shape index (κ1) is 17.7. The van der Waals surface area contributed by atoms with Gasteiger partial charge in [0.1, 0.15) is 18.3 Å². The molecule has 29 heavy (non-hydrogen) atoms. The predicted molar refractivity (Wildman–Crippen MR) is 111 cm³/mol. The number of imidazole rings is 1. The summed E-state index contributed by atoms with van der Waals surface area (Å²) in [6.07, 6.45) is 3.87. The van der Waals surface area contributed by atoms with Crippen molar-refractivity contribution in [2.45, 2.75) is 19.0 Å². The summed E-state index contributed by atoms with van der Waals surface area (Å²) in [5.41, 5.74) is 3.53. The Morgan fingerprint density at radius 3 is 2.72 bits per heavy atom. The van der Waals surface area contributed by atoms with Gasteiger partial charge in [0.05, 0.1) is 29.3 Å². The van der Waals surface area contributed by atoms with E-state index in [-0.39, 0.29) is 18.5 Å². The zero-order valence-electron chi connectivity index (χ0n) is 15.4. The van der Waals surface area contributed by atoms with E-state index >= 15 is 0 Å². The molecule has 144 valence electrons. The fraction of sp³-hybridized carbons (Fsp3) is 0.136. The first-order chi connectivity index (χ1) is 14.2. The number of furan rings is 1. The second kappa shape index (κ2) is 7.22. The summed E-state index contributed by atoms with van der Waals surface area (Å²) in [7, 11) is 0. The quantitative estimate of drug-likeness (QED) is 0.497. The van der Waals surface area contributed by atoms with Gasteiger partial charge in [-0.15, -0.1) is 0 Å². The minimum atomic E-state index is -0.280. The number of halogens is 1. The molecule has 6 nitrogen and oxygen atoms in total. The van der Waals surface area contributed by atoms with Crippen molar-refractivity contribution in [1.82, 2.24) is 14.6 Å². The summed E-state index contributed by atoms with van der Waals surface area (Å²) < 4.78 is 7.44. The molecular formula is C22H17ClN4O2. The van der Waals surface area contributed by atoms with Crippen molar-refractivity contribution in [3.8, 4) is 0 Å². The van der Waals surface area contributed by atoms with Gasteiger partial charge in [0.15, 0.2) is 0 Å². The maximum atomic E-state index is 13.2. The van der Waals surface area contributed by atoms with E-state index in [4.69, 9.17) is 16.0 Å². The van der Waals surface area contributed by atoms with E-state index in [1.165, 1.54) is 5.01 Å². The van der Waals surface area contributed by atoms with Crippen LogP contribution in [0.1, 0.15) is 23.8 Å². The maximum absolute atomic E-state index is 13.2. The van der Waals surface area contributed by atoms with Gasteiger partial charge in [0.25, 0.3) is 5.91 Å². The monoisotopic (exact) mass is 404 g/mol. The first-order valence-electron chi connectivity index (χ1n) is 9.28. The van der Waals surface area contributed by atoms with E-state index in [1.807, 2.05) is 65.2 Å². The predicted octanol–water partition coefficient (Wildman–Crippen LogP) is 4.66. The van der Waals surface area contributed by atoms with Gasteiger partial charge in [-0.3, -0.25) is 4.79 Å². The van der Waals surface area contributed by atoms with Crippen LogP contribution in [0.25, 0.3) is 11.0 Å². The molecule has 3 heterocycles. The SMILES string of the molecule is O=C(Cn1cnc2ccccc21)N1N=C(c2ccc(Cl)cc2)C[C@H]1c1ccco1. The smallest absolute Gasteiger partial charge is 0.263 e. The molecule has 0 bridgehead atoms. The molecule has 0 N–H and O–H groups in total. The van der Waals surface area contributed by atoms with Crippen LogP contribution in [0, 0.1) is 0 Å². The third kappa shape index (κ3) is 3.32. The van der Waals surface area contributed by atoms with Gasteiger partial charge in [-0.05, 0) is 42.0 Å². The highest BCUT2D eigenvalue weighted by atomic mass is 35.5. The molecule has 1 aliphatic rings. The van der Waals surface area contributed by atoms with Gasteiger partial charge in [-0.1, -0.05) is 35.9 Å². The molecule has 1 atom stereocenters. The second-order valence-electron chi connectivity index (χ2n) is 6.89. The summed E-state index contributed by atoms with van der Waals surface area (Å²) in [4.78, 5) is 17.6. The van der Waals surface area contributed by atoms with Crippen LogP contribution in [-0.4, -0.2) is 26.2 Å². The number of para-hydroxylation sites is 2. The number of aromatic nitrogens is 2. The lowest BCUT2D eigenvalue weighted by Crippen LogP contribution is -2.30. The fourth-order valence-corrected chi connectivity index (χ4v) is 3.74. The average molecular weight is 405 g/mol. The van der Waals surface area contributed by atoms with E-state index in [2.05, 4.69) is 10.1 Å². The lowest BCUT2D eigenvalue weighted by Gasteiger charge is -2.20. The zero-order valence-corrected chi connectivity index (χ0v) is 16.2. The lowest BCUT2D eigenvalue weighted by atomic mass is 10.0. The summed E-state index contributed by atoms with van der Waals surface area (Å²) in [6, 6.07) is 18.6. The summed E-state index contributed by atoms with van der Waals surface area (Å²) in [5.74, 6) is 0.583. The Hall–Kier alpha value is -3.38. The Kier molecular flexibility index (Phi) is 4.41. The first-order valence-corrected chi connectivity index (χ1v) is 9.65. The standard InChI is InChI=1S/C22H17ClN4O2/c23-16-9-7-15(8-10-16)18-12-20(21-6-3-11-29-21)27(25-18)22(28)13-26-14-24-17-4-1-2-5-19(17)26/h1-11,14,20H,12-13H2/t20-/m0/s1. The number of nitrogens with zero attached hydrogens (tertiary/aromatic N) is 4. The van der Waals surface area contributed by atoms with Crippen LogP contribution in [0.3, 0.4) is 0 Å². The summed E-state index contributed by atoms with van der Waals surface area (Å²) in [5, 5.41) is 6.84. The van der Waals surface area contributed by atoms with Gasteiger partial charge in [0, 0.05) is 11.4 Å². The molecule has 0 aliphatic carbocycles. The van der Waals surface area contributed by atoms with Gasteiger partial charge in [-0.25, -0.2) is 9.99 Å². The molecule has 4 aromatic rings. The Labute approximate surface area is 172 Å². The van der Waals surface area contributed by atoms with Crippen molar-refractivity contribution < 1.29 is 9.21 Å². The Morgan fingerprint density at radius 2 is 1.93 bits per heavy atom. The molecule has 0 saturated carbocycles. The average Bonchev–Trinajstić information content (AvgIpc) is 3.48. The van der Waals surface area contributed by atoms with Crippen LogP contribution in [-0.2, 0) is 11.3 Å². The van der Waals surface area contributed by atoms with Gasteiger partial charge in [0.2, 0.25) is 0 Å². The van der Waals surface area contributed by atoms with E-state index in [1.54, 1.807) is 12.6 Å². The molecule has 0 unspecified atom stereocenters. The third-order valence-corrected chi connectivity index (χ3v) is 5.30. The number of carbonyl (C=O) groups is 1. The van der Waals surface area contributed by atoms with Crippen molar-refractivity contribution in [2.75, 3.05) is 0 Å². The normalized spacial score (nSPS) is 16.4. The topological polar surface area (TPSA) is 63.6 Å². The van der Waals surface area contributed by atoms with Gasteiger partial charge < -0.3 is 8.98 Å². The molecular weight excluding hydrogens is 388 g/mol. The highest BCUT2D eigenvalue weighted by molar-refractivity contribution is 6.30. The number of hydrogen-bond donors (Lipinski definition) is 0.